The molecule has 1 aliphatic heterocycles. The number of H-pyrrole nitrogens is 1. The Morgan fingerprint density at radius 3 is 3.08 bits per heavy atom. The molecule has 0 amide bonds. The number of fused-ring (bicyclic) bond motifs is 1. The van der Waals surface area contributed by atoms with Crippen LogP contribution in [0.25, 0.3) is 11.0 Å². The Morgan fingerprint density at radius 2 is 2.24 bits per heavy atom. The Hall–Kier alpha value is -1.39. The van der Waals surface area contributed by atoms with Crippen LogP contribution in [0.15, 0.2) is 12.5 Å². The van der Waals surface area contributed by atoms with Crippen molar-refractivity contribution >= 4 is 28.6 Å². The topological polar surface area (TPSA) is 121 Å². The second kappa shape index (κ2) is 8.81. The van der Waals surface area contributed by atoms with Crippen molar-refractivity contribution < 1.29 is 14.9 Å². The zero-order valence-corrected chi connectivity index (χ0v) is 14.9. The molecule has 25 heavy (non-hydrogen) atoms. The molecule has 9 heteroatoms. The first-order valence-electron chi connectivity index (χ1n) is 8.42. The molecule has 3 rings (SSSR count). The maximum Gasteiger partial charge on any atom is 0.151 e. The molecule has 2 aromatic heterocycles. The van der Waals surface area contributed by atoms with Gasteiger partial charge in [-0.15, -0.1) is 0 Å². The highest BCUT2D eigenvalue weighted by atomic mass is 32.2. The van der Waals surface area contributed by atoms with Crippen molar-refractivity contribution in [1.29, 1.82) is 0 Å². The first-order chi connectivity index (χ1) is 12.2. The lowest BCUT2D eigenvalue weighted by Gasteiger charge is -2.15. The van der Waals surface area contributed by atoms with Gasteiger partial charge in [0.15, 0.2) is 5.82 Å². The minimum absolute atomic E-state index is 0.0609. The summed E-state index contributed by atoms with van der Waals surface area (Å²) in [6, 6.07) is 0. The molecular weight excluding hydrogens is 342 g/mol. The second-order valence-electron chi connectivity index (χ2n) is 6.23. The Labute approximate surface area is 150 Å². The predicted molar refractivity (Wildman–Crippen MR) is 98.3 cm³/mol. The molecule has 1 saturated heterocycles. The number of hydrogen-bond acceptors (Lipinski definition) is 8. The first-order valence-corrected chi connectivity index (χ1v) is 9.57. The maximum absolute atomic E-state index is 10.3. The van der Waals surface area contributed by atoms with Crippen LogP contribution in [-0.4, -0.2) is 80.6 Å². The lowest BCUT2D eigenvalue weighted by atomic mass is 10.1. The number of aromatic amines is 1. The fourth-order valence-electron chi connectivity index (χ4n) is 3.13. The number of likely N-dealkylation sites (tertiary alicyclic amines) is 1. The third kappa shape index (κ3) is 4.62. The highest BCUT2D eigenvalue weighted by Crippen LogP contribution is 2.26. The summed E-state index contributed by atoms with van der Waals surface area (Å²) in [4.78, 5) is 13.7. The lowest BCUT2D eigenvalue weighted by Crippen LogP contribution is -2.21. The number of aliphatic hydroxyl groups excluding tert-OH is 2. The summed E-state index contributed by atoms with van der Waals surface area (Å²) in [7, 11) is 0. The molecular formula is C16H25N5O3S. The highest BCUT2D eigenvalue weighted by Gasteiger charge is 2.31. The van der Waals surface area contributed by atoms with Gasteiger partial charge in [-0.2, -0.15) is 11.8 Å². The average Bonchev–Trinajstić information content (AvgIpc) is 3.16. The summed E-state index contributed by atoms with van der Waals surface area (Å²) >= 11 is 1.78. The molecule has 0 bridgehead atoms. The smallest absolute Gasteiger partial charge is 0.151 e. The van der Waals surface area contributed by atoms with Crippen molar-refractivity contribution in [3.8, 4) is 0 Å². The maximum atomic E-state index is 10.3. The molecule has 0 aliphatic carbocycles. The molecule has 8 nitrogen and oxygen atoms in total. The average molecular weight is 367 g/mol. The lowest BCUT2D eigenvalue weighted by molar-refractivity contribution is 0.103. The number of aromatic nitrogens is 3. The van der Waals surface area contributed by atoms with Gasteiger partial charge < -0.3 is 25.7 Å². The van der Waals surface area contributed by atoms with Crippen molar-refractivity contribution in [2.75, 3.05) is 50.1 Å². The largest absolute Gasteiger partial charge is 0.394 e. The highest BCUT2D eigenvalue weighted by molar-refractivity contribution is 7.99. The van der Waals surface area contributed by atoms with Crippen LogP contribution < -0.4 is 5.73 Å². The molecule has 0 saturated carbocycles. The number of anilines is 1. The van der Waals surface area contributed by atoms with E-state index in [1.165, 1.54) is 6.33 Å². The van der Waals surface area contributed by atoms with E-state index in [0.29, 0.717) is 25.6 Å². The molecule has 2 aromatic rings. The number of nitrogens with two attached hydrogens (primary N) is 1. The van der Waals surface area contributed by atoms with Gasteiger partial charge in [0.2, 0.25) is 0 Å². The van der Waals surface area contributed by atoms with Gasteiger partial charge in [-0.3, -0.25) is 4.90 Å². The SMILES string of the molecule is Nc1ncnc2c(CN3C[C@H](CSCCOCCO)[C@H](O)C3)c[nH]c12. The number of nitrogen functional groups attached to an aromatic ring is 1. The van der Waals surface area contributed by atoms with E-state index in [1.54, 1.807) is 11.8 Å². The Bertz CT molecular complexity index is 683. The van der Waals surface area contributed by atoms with Crippen LogP contribution in [0.5, 0.6) is 0 Å². The van der Waals surface area contributed by atoms with Crippen LogP contribution in [0.4, 0.5) is 5.82 Å². The van der Waals surface area contributed by atoms with Gasteiger partial charge in [-0.1, -0.05) is 0 Å². The third-order valence-electron chi connectivity index (χ3n) is 4.39. The van der Waals surface area contributed by atoms with E-state index in [-0.39, 0.29) is 18.6 Å². The first kappa shape index (κ1) is 18.4. The number of hydrogen-bond donors (Lipinski definition) is 4. The van der Waals surface area contributed by atoms with E-state index < -0.39 is 0 Å². The molecule has 0 spiro atoms. The Kier molecular flexibility index (Phi) is 6.49. The van der Waals surface area contributed by atoms with E-state index in [2.05, 4.69) is 19.9 Å². The van der Waals surface area contributed by atoms with Crippen LogP contribution in [0.1, 0.15) is 5.56 Å². The van der Waals surface area contributed by atoms with Crippen molar-refractivity contribution in [2.24, 2.45) is 5.92 Å². The minimum Gasteiger partial charge on any atom is -0.394 e. The monoisotopic (exact) mass is 367 g/mol. The fraction of sp³-hybridized carbons (Fsp3) is 0.625. The summed E-state index contributed by atoms with van der Waals surface area (Å²) in [5.74, 6) is 2.49. The van der Waals surface area contributed by atoms with Gasteiger partial charge in [-0.25, -0.2) is 9.97 Å². The molecule has 0 aromatic carbocycles. The van der Waals surface area contributed by atoms with Crippen LogP contribution in [-0.2, 0) is 11.3 Å². The number of ether oxygens (including phenoxy) is 1. The summed E-state index contributed by atoms with van der Waals surface area (Å²) in [5, 5.41) is 19.0. The number of β-amino-alcohol motifs (C(OH)–C–C–N with tert-alkyl or cyclic N) is 1. The minimum atomic E-state index is -0.309. The third-order valence-corrected chi connectivity index (χ3v) is 5.51. The van der Waals surface area contributed by atoms with Crippen LogP contribution >= 0.6 is 11.8 Å². The van der Waals surface area contributed by atoms with Crippen molar-refractivity contribution in [3.63, 3.8) is 0 Å². The summed E-state index contributed by atoms with van der Waals surface area (Å²) < 4.78 is 5.25. The van der Waals surface area contributed by atoms with Crippen LogP contribution in [0, 0.1) is 5.92 Å². The summed E-state index contributed by atoms with van der Waals surface area (Å²) in [6.07, 6.45) is 3.09. The normalized spacial score (nSPS) is 21.4. The molecule has 2 atom stereocenters. The van der Waals surface area contributed by atoms with Crippen molar-refractivity contribution in [3.05, 3.63) is 18.1 Å². The molecule has 138 valence electrons. The van der Waals surface area contributed by atoms with Gasteiger partial charge >= 0.3 is 0 Å². The van der Waals surface area contributed by atoms with Crippen molar-refractivity contribution in [2.45, 2.75) is 12.6 Å². The molecule has 1 fully saturated rings. The van der Waals surface area contributed by atoms with Gasteiger partial charge in [0, 0.05) is 43.1 Å². The van der Waals surface area contributed by atoms with E-state index >= 15 is 0 Å². The summed E-state index contributed by atoms with van der Waals surface area (Å²) in [6.45, 7) is 3.34. The zero-order chi connectivity index (χ0) is 17.6. The van der Waals surface area contributed by atoms with Gasteiger partial charge in [0.25, 0.3) is 0 Å². The van der Waals surface area contributed by atoms with Gasteiger partial charge in [0.1, 0.15) is 11.8 Å². The molecule has 0 unspecified atom stereocenters. The number of nitrogens with zero attached hydrogens (tertiary/aromatic N) is 3. The molecule has 5 N–H and O–H groups in total. The fourth-order valence-corrected chi connectivity index (χ4v) is 4.16. The van der Waals surface area contributed by atoms with Crippen molar-refractivity contribution in [1.82, 2.24) is 19.9 Å². The standard InChI is InChI=1S/C16H25N5O3S/c17-16-15-14(19-10-20-16)11(5-18-15)6-21-7-12(13(23)8-21)9-25-4-3-24-2-1-22/h5,10,12-13,18,22-23H,1-4,6-9H2,(H2,17,19,20)/t12-,13-/m1/s1. The van der Waals surface area contributed by atoms with E-state index in [0.717, 1.165) is 41.2 Å². The second-order valence-corrected chi connectivity index (χ2v) is 7.38. The molecule has 1 aliphatic rings. The van der Waals surface area contributed by atoms with E-state index in [4.69, 9.17) is 15.6 Å². The molecule has 0 radical (unpaired) electrons. The van der Waals surface area contributed by atoms with Crippen LogP contribution in [0.3, 0.4) is 0 Å². The van der Waals surface area contributed by atoms with Crippen LogP contribution in [0.2, 0.25) is 0 Å². The predicted octanol–water partition coefficient (Wildman–Crippen LogP) is 0.0749. The van der Waals surface area contributed by atoms with E-state index in [9.17, 15) is 5.11 Å². The summed E-state index contributed by atoms with van der Waals surface area (Å²) in [5.41, 5.74) is 8.55. The van der Waals surface area contributed by atoms with Gasteiger partial charge in [-0.05, 0) is 5.75 Å². The van der Waals surface area contributed by atoms with Gasteiger partial charge in [0.05, 0.1) is 31.4 Å². The number of aliphatic hydroxyl groups is 2. The zero-order valence-electron chi connectivity index (χ0n) is 14.1. The number of nitrogens with one attached hydrogen (secondary N) is 1. The number of rotatable bonds is 9. The molecule has 3 heterocycles. The number of thioether (sulfide) groups is 1. The van der Waals surface area contributed by atoms with E-state index in [1.807, 2.05) is 6.20 Å². The quantitative estimate of drug-likeness (QED) is 0.460. The Morgan fingerprint density at radius 1 is 1.36 bits per heavy atom. The Balaban J connectivity index is 1.49.